The first-order chi connectivity index (χ1) is 6.76. The van der Waals surface area contributed by atoms with Crippen LogP contribution in [-0.4, -0.2) is 12.6 Å². The van der Waals surface area contributed by atoms with E-state index in [1.165, 1.54) is 0 Å². The SMILES string of the molecule is CCOC(=O)Cc1ccc(CCl)cc1. The second-order valence-electron chi connectivity index (χ2n) is 2.93. The average molecular weight is 213 g/mol. The number of hydrogen-bond acceptors (Lipinski definition) is 2. The number of hydrogen-bond donors (Lipinski definition) is 0. The van der Waals surface area contributed by atoms with Gasteiger partial charge in [-0.15, -0.1) is 11.6 Å². The molecule has 0 aliphatic heterocycles. The number of alkyl halides is 1. The molecule has 0 aliphatic rings. The lowest BCUT2D eigenvalue weighted by Gasteiger charge is -2.02. The van der Waals surface area contributed by atoms with Crippen LogP contribution in [0, 0.1) is 0 Å². The lowest BCUT2D eigenvalue weighted by molar-refractivity contribution is -0.142. The summed E-state index contributed by atoms with van der Waals surface area (Å²) < 4.78 is 4.84. The summed E-state index contributed by atoms with van der Waals surface area (Å²) in [4.78, 5) is 11.1. The van der Waals surface area contributed by atoms with Crippen LogP contribution < -0.4 is 0 Å². The van der Waals surface area contributed by atoms with Crippen LogP contribution in [0.5, 0.6) is 0 Å². The largest absolute Gasteiger partial charge is 0.466 e. The zero-order valence-electron chi connectivity index (χ0n) is 8.13. The highest BCUT2D eigenvalue weighted by molar-refractivity contribution is 6.17. The molecule has 0 radical (unpaired) electrons. The van der Waals surface area contributed by atoms with Crippen molar-refractivity contribution >= 4 is 17.6 Å². The van der Waals surface area contributed by atoms with Gasteiger partial charge in [0, 0.05) is 5.88 Å². The van der Waals surface area contributed by atoms with Crippen LogP contribution in [0.15, 0.2) is 24.3 Å². The number of ether oxygens (including phenoxy) is 1. The van der Waals surface area contributed by atoms with Crippen LogP contribution in [0.2, 0.25) is 0 Å². The Kier molecular flexibility index (Phi) is 4.47. The maximum atomic E-state index is 11.1. The van der Waals surface area contributed by atoms with E-state index in [0.29, 0.717) is 18.9 Å². The van der Waals surface area contributed by atoms with E-state index < -0.39 is 0 Å². The molecule has 3 heteroatoms. The Morgan fingerprint density at radius 3 is 2.36 bits per heavy atom. The van der Waals surface area contributed by atoms with Gasteiger partial charge in [0.1, 0.15) is 0 Å². The summed E-state index contributed by atoms with van der Waals surface area (Å²) in [5, 5.41) is 0. The third-order valence-electron chi connectivity index (χ3n) is 1.83. The molecule has 0 saturated heterocycles. The van der Waals surface area contributed by atoms with Gasteiger partial charge in [-0.2, -0.15) is 0 Å². The maximum Gasteiger partial charge on any atom is 0.310 e. The van der Waals surface area contributed by atoms with Gasteiger partial charge in [-0.1, -0.05) is 24.3 Å². The number of rotatable bonds is 4. The highest BCUT2D eigenvalue weighted by atomic mass is 35.5. The highest BCUT2D eigenvalue weighted by Gasteiger charge is 2.02. The topological polar surface area (TPSA) is 26.3 Å². The van der Waals surface area contributed by atoms with Gasteiger partial charge in [-0.3, -0.25) is 4.79 Å². The Balaban J connectivity index is 2.55. The molecule has 0 spiro atoms. The molecule has 0 N–H and O–H groups in total. The molecule has 1 aromatic carbocycles. The monoisotopic (exact) mass is 212 g/mol. The second kappa shape index (κ2) is 5.66. The molecule has 0 bridgehead atoms. The minimum atomic E-state index is -0.189. The Morgan fingerprint density at radius 1 is 1.29 bits per heavy atom. The van der Waals surface area contributed by atoms with Gasteiger partial charge in [0.15, 0.2) is 0 Å². The fourth-order valence-corrected chi connectivity index (χ4v) is 1.30. The van der Waals surface area contributed by atoms with E-state index in [2.05, 4.69) is 0 Å². The number of halogens is 1. The van der Waals surface area contributed by atoms with Gasteiger partial charge >= 0.3 is 5.97 Å². The van der Waals surface area contributed by atoms with Gasteiger partial charge in [0.2, 0.25) is 0 Å². The molecule has 0 atom stereocenters. The molecule has 0 saturated carbocycles. The molecule has 0 aromatic heterocycles. The van der Waals surface area contributed by atoms with Gasteiger partial charge in [0.05, 0.1) is 13.0 Å². The highest BCUT2D eigenvalue weighted by Crippen LogP contribution is 2.07. The van der Waals surface area contributed by atoms with Crippen molar-refractivity contribution in [3.05, 3.63) is 35.4 Å². The first-order valence-corrected chi connectivity index (χ1v) is 5.09. The number of carbonyl (C=O) groups excluding carboxylic acids is 1. The Labute approximate surface area is 88.8 Å². The standard InChI is InChI=1S/C11H13ClO2/c1-2-14-11(13)7-9-3-5-10(8-12)6-4-9/h3-6H,2,7-8H2,1H3. The van der Waals surface area contributed by atoms with E-state index in [0.717, 1.165) is 11.1 Å². The first-order valence-electron chi connectivity index (χ1n) is 4.55. The van der Waals surface area contributed by atoms with Crippen molar-refractivity contribution in [2.75, 3.05) is 6.61 Å². The molecule has 0 heterocycles. The van der Waals surface area contributed by atoms with Crippen LogP contribution in [0.4, 0.5) is 0 Å². The van der Waals surface area contributed by atoms with Gasteiger partial charge in [-0.05, 0) is 18.1 Å². The van der Waals surface area contributed by atoms with Gasteiger partial charge in [0.25, 0.3) is 0 Å². The molecular weight excluding hydrogens is 200 g/mol. The zero-order chi connectivity index (χ0) is 10.4. The number of carbonyl (C=O) groups is 1. The van der Waals surface area contributed by atoms with Crippen molar-refractivity contribution in [3.63, 3.8) is 0 Å². The number of esters is 1. The van der Waals surface area contributed by atoms with Crippen LogP contribution in [0.1, 0.15) is 18.1 Å². The van der Waals surface area contributed by atoms with Gasteiger partial charge in [-0.25, -0.2) is 0 Å². The fourth-order valence-electron chi connectivity index (χ4n) is 1.12. The fraction of sp³-hybridized carbons (Fsp3) is 0.364. The van der Waals surface area contributed by atoms with Crippen molar-refractivity contribution in [3.8, 4) is 0 Å². The summed E-state index contributed by atoms with van der Waals surface area (Å²) in [6.07, 6.45) is 0.330. The molecule has 0 unspecified atom stereocenters. The van der Waals surface area contributed by atoms with Crippen molar-refractivity contribution in [2.24, 2.45) is 0 Å². The third kappa shape index (κ3) is 3.38. The van der Waals surface area contributed by atoms with Crippen molar-refractivity contribution in [1.29, 1.82) is 0 Å². The minimum absolute atomic E-state index is 0.189. The molecule has 1 rings (SSSR count). The Morgan fingerprint density at radius 2 is 1.86 bits per heavy atom. The van der Waals surface area contributed by atoms with Crippen LogP contribution in [0.25, 0.3) is 0 Å². The molecule has 14 heavy (non-hydrogen) atoms. The van der Waals surface area contributed by atoms with Crippen LogP contribution in [-0.2, 0) is 21.8 Å². The minimum Gasteiger partial charge on any atom is -0.466 e. The Bertz CT molecular complexity index is 293. The summed E-state index contributed by atoms with van der Waals surface area (Å²) >= 11 is 5.64. The third-order valence-corrected chi connectivity index (χ3v) is 2.14. The Hall–Kier alpha value is -1.02. The smallest absolute Gasteiger partial charge is 0.310 e. The summed E-state index contributed by atoms with van der Waals surface area (Å²) in [5.74, 6) is 0.311. The molecule has 76 valence electrons. The predicted molar refractivity (Wildman–Crippen MR) is 56.3 cm³/mol. The summed E-state index contributed by atoms with van der Waals surface area (Å²) in [6.45, 7) is 2.23. The van der Waals surface area contributed by atoms with E-state index >= 15 is 0 Å². The summed E-state index contributed by atoms with van der Waals surface area (Å²) in [7, 11) is 0. The normalized spacial score (nSPS) is 9.86. The first kappa shape index (κ1) is 11.1. The molecule has 0 aliphatic carbocycles. The lowest BCUT2D eigenvalue weighted by atomic mass is 10.1. The number of benzene rings is 1. The second-order valence-corrected chi connectivity index (χ2v) is 3.20. The quantitative estimate of drug-likeness (QED) is 0.566. The maximum absolute atomic E-state index is 11.1. The lowest BCUT2D eigenvalue weighted by Crippen LogP contribution is -2.07. The van der Waals surface area contributed by atoms with Crippen molar-refractivity contribution < 1.29 is 9.53 Å². The molecule has 0 fully saturated rings. The van der Waals surface area contributed by atoms with Crippen LogP contribution in [0.3, 0.4) is 0 Å². The molecule has 0 amide bonds. The van der Waals surface area contributed by atoms with Gasteiger partial charge < -0.3 is 4.74 Å². The van der Waals surface area contributed by atoms with E-state index in [1.54, 1.807) is 6.92 Å². The van der Waals surface area contributed by atoms with E-state index in [9.17, 15) is 4.79 Å². The molecule has 1 aromatic rings. The van der Waals surface area contributed by atoms with Crippen LogP contribution >= 0.6 is 11.6 Å². The van der Waals surface area contributed by atoms with Crippen molar-refractivity contribution in [1.82, 2.24) is 0 Å². The molecular formula is C11H13ClO2. The summed E-state index contributed by atoms with van der Waals surface area (Å²) in [6, 6.07) is 7.63. The van der Waals surface area contributed by atoms with E-state index in [-0.39, 0.29) is 5.97 Å². The molecule has 2 nitrogen and oxygen atoms in total. The van der Waals surface area contributed by atoms with Crippen molar-refractivity contribution in [2.45, 2.75) is 19.2 Å². The van der Waals surface area contributed by atoms with E-state index in [1.807, 2.05) is 24.3 Å². The van der Waals surface area contributed by atoms with E-state index in [4.69, 9.17) is 16.3 Å². The predicted octanol–water partition coefficient (Wildman–Crippen LogP) is 2.53. The average Bonchev–Trinajstić information content (AvgIpc) is 2.19. The zero-order valence-corrected chi connectivity index (χ0v) is 8.88. The summed E-state index contributed by atoms with van der Waals surface area (Å²) in [5.41, 5.74) is 2.01.